The summed E-state index contributed by atoms with van der Waals surface area (Å²) < 4.78 is 6.42. The fraction of sp³-hybridized carbons (Fsp3) is 0.0526. The van der Waals surface area contributed by atoms with Gasteiger partial charge >= 0.3 is 11.3 Å². The van der Waals surface area contributed by atoms with Crippen molar-refractivity contribution in [3.05, 3.63) is 85.0 Å². The van der Waals surface area contributed by atoms with Gasteiger partial charge in [0.05, 0.1) is 10.6 Å². The summed E-state index contributed by atoms with van der Waals surface area (Å²) in [4.78, 5) is 26.9. The van der Waals surface area contributed by atoms with Gasteiger partial charge in [0.25, 0.3) is 5.69 Å². The molecule has 0 bridgehead atoms. The van der Waals surface area contributed by atoms with Crippen LogP contribution >= 0.6 is 22.9 Å². The molecule has 12 heteroatoms. The fourth-order valence-electron chi connectivity index (χ4n) is 2.72. The number of halogens is 1. The van der Waals surface area contributed by atoms with Crippen molar-refractivity contribution in [2.75, 3.05) is 5.43 Å². The first-order chi connectivity index (χ1) is 14.9. The molecule has 0 radical (unpaired) electrons. The van der Waals surface area contributed by atoms with Crippen molar-refractivity contribution in [3.63, 3.8) is 0 Å². The molecule has 0 aliphatic heterocycles. The Morgan fingerprint density at radius 2 is 1.97 bits per heavy atom. The first-order valence-electron chi connectivity index (χ1n) is 8.83. The van der Waals surface area contributed by atoms with Crippen molar-refractivity contribution in [2.45, 2.75) is 6.92 Å². The van der Waals surface area contributed by atoms with E-state index in [4.69, 9.17) is 16.1 Å². The highest BCUT2D eigenvalue weighted by Gasteiger charge is 2.27. The molecular weight excluding hydrogens is 444 g/mol. The molecule has 4 aromatic rings. The van der Waals surface area contributed by atoms with E-state index in [0.29, 0.717) is 27.2 Å². The predicted molar refractivity (Wildman–Crippen MR) is 116 cm³/mol. The average Bonchev–Trinajstić information content (AvgIpc) is 3.39. The molecular formula is C19H14ClN6O4S+. The van der Waals surface area contributed by atoms with Crippen molar-refractivity contribution in [1.29, 1.82) is 0 Å². The van der Waals surface area contributed by atoms with E-state index in [2.05, 4.69) is 20.8 Å². The first kappa shape index (κ1) is 20.4. The van der Waals surface area contributed by atoms with Crippen LogP contribution in [0.15, 0.2) is 68.3 Å². The van der Waals surface area contributed by atoms with Gasteiger partial charge in [0, 0.05) is 34.7 Å². The molecule has 2 N–H and O–H groups in total. The van der Waals surface area contributed by atoms with Crippen LogP contribution in [-0.2, 0) is 0 Å². The summed E-state index contributed by atoms with van der Waals surface area (Å²) in [5, 5.41) is 20.3. The van der Waals surface area contributed by atoms with E-state index in [-0.39, 0.29) is 11.4 Å². The predicted octanol–water partition coefficient (Wildman–Crippen LogP) is 3.77. The molecule has 2 aromatic heterocycles. The lowest BCUT2D eigenvalue weighted by molar-refractivity contribution is -0.660. The molecule has 0 unspecified atom stereocenters. The zero-order valence-electron chi connectivity index (χ0n) is 15.9. The van der Waals surface area contributed by atoms with Crippen molar-refractivity contribution < 1.29 is 14.1 Å². The molecule has 0 fully saturated rings. The Morgan fingerprint density at radius 1 is 1.26 bits per heavy atom. The number of non-ortho nitro benzene ring substituents is 1. The van der Waals surface area contributed by atoms with E-state index in [1.165, 1.54) is 28.2 Å². The summed E-state index contributed by atoms with van der Waals surface area (Å²) in [6.07, 6.45) is 0. The van der Waals surface area contributed by atoms with Crippen molar-refractivity contribution >= 4 is 39.5 Å². The molecule has 31 heavy (non-hydrogen) atoms. The van der Waals surface area contributed by atoms with Gasteiger partial charge in [-0.2, -0.15) is 5.10 Å². The second kappa shape index (κ2) is 8.50. The van der Waals surface area contributed by atoms with Gasteiger partial charge in [0.1, 0.15) is 0 Å². The number of benzene rings is 2. The summed E-state index contributed by atoms with van der Waals surface area (Å²) in [5.41, 5.74) is 4.90. The molecule has 0 aliphatic rings. The molecule has 156 valence electrons. The Labute approximate surface area is 183 Å². The zero-order valence-corrected chi connectivity index (χ0v) is 17.5. The second-order valence-electron chi connectivity index (χ2n) is 6.29. The van der Waals surface area contributed by atoms with Crippen LogP contribution in [-0.4, -0.2) is 20.9 Å². The van der Waals surface area contributed by atoms with Crippen molar-refractivity contribution in [3.8, 4) is 17.1 Å². The number of H-pyrrole nitrogens is 1. The number of rotatable bonds is 6. The van der Waals surface area contributed by atoms with Gasteiger partial charge in [0.15, 0.2) is 5.69 Å². The summed E-state index contributed by atoms with van der Waals surface area (Å²) in [5.74, 6) is 0. The molecule has 0 saturated carbocycles. The van der Waals surface area contributed by atoms with Gasteiger partial charge in [-0.3, -0.25) is 20.1 Å². The lowest BCUT2D eigenvalue weighted by atomic mass is 10.1. The highest BCUT2D eigenvalue weighted by molar-refractivity contribution is 7.14. The minimum absolute atomic E-state index is 0.00778. The maximum atomic E-state index is 12.2. The van der Waals surface area contributed by atoms with Crippen molar-refractivity contribution in [1.82, 2.24) is 10.3 Å². The number of aromatic amines is 1. The summed E-state index contributed by atoms with van der Waals surface area (Å²) in [6, 6.07) is 12.9. The van der Waals surface area contributed by atoms with Crippen LogP contribution in [0.5, 0.6) is 0 Å². The smallest absolute Gasteiger partial charge is 0.282 e. The molecule has 0 saturated heterocycles. The third kappa shape index (κ3) is 4.37. The van der Waals surface area contributed by atoms with E-state index in [0.717, 1.165) is 5.56 Å². The number of nitrogens with zero attached hydrogens (tertiary/aromatic N) is 4. The maximum Gasteiger partial charge on any atom is 0.437 e. The Morgan fingerprint density at radius 3 is 2.65 bits per heavy atom. The summed E-state index contributed by atoms with van der Waals surface area (Å²) in [7, 11) is 0. The Bertz CT molecular complexity index is 1320. The molecule has 0 amide bonds. The Balaban J connectivity index is 1.56. The third-order valence-corrected chi connectivity index (χ3v) is 5.29. The van der Waals surface area contributed by atoms with E-state index in [9.17, 15) is 14.9 Å². The van der Waals surface area contributed by atoms with E-state index < -0.39 is 10.5 Å². The van der Waals surface area contributed by atoms with Crippen LogP contribution in [0.2, 0.25) is 5.02 Å². The largest absolute Gasteiger partial charge is 0.437 e. The quantitative estimate of drug-likeness (QED) is 0.196. The molecule has 0 spiro atoms. The number of nitro groups is 1. The molecule has 4 rings (SSSR count). The fourth-order valence-corrected chi connectivity index (χ4v) is 3.48. The number of nitro benzene ring substituents is 1. The minimum Gasteiger partial charge on any atom is -0.282 e. The van der Waals surface area contributed by atoms with E-state index >= 15 is 0 Å². The van der Waals surface area contributed by atoms with Gasteiger partial charge in [-0.25, -0.2) is 9.78 Å². The lowest BCUT2D eigenvalue weighted by Crippen LogP contribution is -2.36. The number of anilines is 1. The van der Waals surface area contributed by atoms with Gasteiger partial charge in [0.2, 0.25) is 10.8 Å². The molecule has 0 atom stereocenters. The van der Waals surface area contributed by atoms with Gasteiger partial charge in [-0.05, 0) is 46.7 Å². The van der Waals surface area contributed by atoms with Crippen molar-refractivity contribution in [2.24, 2.45) is 5.10 Å². The van der Waals surface area contributed by atoms with Crippen LogP contribution in [0.3, 0.4) is 0 Å². The Kier molecular flexibility index (Phi) is 5.60. The zero-order chi connectivity index (χ0) is 22.0. The third-order valence-electron chi connectivity index (χ3n) is 4.29. The van der Waals surface area contributed by atoms with Crippen LogP contribution in [0.25, 0.3) is 17.1 Å². The highest BCUT2D eigenvalue weighted by atomic mass is 35.5. The standard InChI is InChI=1S/C19H13ClN6O4S/c1-11(12-2-6-15(7-3-12)26(28)29)22-23-19-21-16(10-31-19)17-18(27)30-24-25(17)14-8-4-13(20)5-9-14/h2-10H,1H3,(H-,21,23,24,27)/p+1/b22-11+. The number of hydrogen-bond donors (Lipinski definition) is 2. The number of aromatic nitrogens is 3. The molecule has 2 aromatic carbocycles. The normalized spacial score (nSPS) is 11.5. The van der Waals surface area contributed by atoms with Crippen LogP contribution in [0.1, 0.15) is 12.5 Å². The number of nitrogens with one attached hydrogen (secondary N) is 2. The lowest BCUT2D eigenvalue weighted by Gasteiger charge is -2.01. The topological polar surface area (TPSA) is 130 Å². The SMILES string of the molecule is C/C(=N\Nc1nc(-c2c(=O)o[nH][n+]2-c2ccc(Cl)cc2)cs1)c1ccc([N+](=O)[O-])cc1. The van der Waals surface area contributed by atoms with Gasteiger partial charge < -0.3 is 0 Å². The number of hydrazone groups is 1. The first-order valence-corrected chi connectivity index (χ1v) is 10.1. The van der Waals surface area contributed by atoms with Gasteiger partial charge in [-0.15, -0.1) is 11.3 Å². The van der Waals surface area contributed by atoms with Crippen LogP contribution in [0.4, 0.5) is 10.8 Å². The second-order valence-corrected chi connectivity index (χ2v) is 7.59. The molecule has 0 aliphatic carbocycles. The molecule has 2 heterocycles. The minimum atomic E-state index is -0.572. The number of hydrogen-bond acceptors (Lipinski definition) is 8. The van der Waals surface area contributed by atoms with Crippen LogP contribution < -0.4 is 15.7 Å². The summed E-state index contributed by atoms with van der Waals surface area (Å²) >= 11 is 7.18. The highest BCUT2D eigenvalue weighted by Crippen LogP contribution is 2.22. The van der Waals surface area contributed by atoms with E-state index in [1.807, 2.05) is 0 Å². The number of thiazole rings is 1. The monoisotopic (exact) mass is 457 g/mol. The molecule has 10 nitrogen and oxygen atoms in total. The average molecular weight is 458 g/mol. The summed E-state index contributed by atoms with van der Waals surface area (Å²) in [6.45, 7) is 1.76. The van der Waals surface area contributed by atoms with Crippen LogP contribution in [0, 0.1) is 10.1 Å². The maximum absolute atomic E-state index is 12.2. The van der Waals surface area contributed by atoms with Gasteiger partial charge in [-0.1, -0.05) is 11.6 Å². The van der Waals surface area contributed by atoms with E-state index in [1.54, 1.807) is 48.7 Å². The Hall–Kier alpha value is -3.83.